The third-order valence-electron chi connectivity index (χ3n) is 3.57. The molecule has 0 radical (unpaired) electrons. The number of carbonyl (C=O) groups excluding carboxylic acids is 1. The van der Waals surface area contributed by atoms with Crippen molar-refractivity contribution in [3.8, 4) is 0 Å². The van der Waals surface area contributed by atoms with Gasteiger partial charge in [-0.15, -0.1) is 0 Å². The Hall–Kier alpha value is -2.56. The Morgan fingerprint density at radius 3 is 2.44 bits per heavy atom. The van der Waals surface area contributed by atoms with Gasteiger partial charge in [0.25, 0.3) is 11.5 Å². The van der Waals surface area contributed by atoms with Crippen molar-refractivity contribution in [2.45, 2.75) is 6.54 Å². The van der Waals surface area contributed by atoms with Gasteiger partial charge in [-0.2, -0.15) is 0 Å². The van der Waals surface area contributed by atoms with Crippen LogP contribution >= 0.6 is 23.2 Å². The number of anilines is 1. The number of carbonyl (C=O) groups is 1. The minimum atomic E-state index is -0.501. The minimum Gasteiger partial charge on any atom is -0.322 e. The summed E-state index contributed by atoms with van der Waals surface area (Å²) < 4.78 is 1.40. The van der Waals surface area contributed by atoms with Crippen molar-refractivity contribution in [1.29, 1.82) is 0 Å². The van der Waals surface area contributed by atoms with Gasteiger partial charge in [-0.1, -0.05) is 53.5 Å². The number of para-hydroxylation sites is 1. The van der Waals surface area contributed by atoms with Crippen LogP contribution in [-0.2, 0) is 6.54 Å². The summed E-state index contributed by atoms with van der Waals surface area (Å²) in [5, 5.41) is 3.58. The van der Waals surface area contributed by atoms with E-state index < -0.39 is 11.5 Å². The standard InChI is InChI=1S/C19H14Cl2N2O2/c20-14-6-4-5-13(9-14)11-23-12-15(21)10-17(19(23)25)18(24)22-16-7-2-1-3-8-16/h1-10,12H,11H2,(H,22,24). The van der Waals surface area contributed by atoms with Crippen molar-refractivity contribution in [2.24, 2.45) is 0 Å². The van der Waals surface area contributed by atoms with Gasteiger partial charge in [0.05, 0.1) is 11.6 Å². The topological polar surface area (TPSA) is 51.1 Å². The van der Waals surface area contributed by atoms with E-state index in [2.05, 4.69) is 5.32 Å². The molecule has 1 aromatic heterocycles. The molecule has 126 valence electrons. The fourth-order valence-corrected chi connectivity index (χ4v) is 2.87. The summed E-state index contributed by atoms with van der Waals surface area (Å²) in [5.41, 5.74) is 1.01. The lowest BCUT2D eigenvalue weighted by Crippen LogP contribution is -2.29. The summed E-state index contributed by atoms with van der Waals surface area (Å²) >= 11 is 12.1. The van der Waals surface area contributed by atoms with Gasteiger partial charge in [-0.25, -0.2) is 0 Å². The second-order valence-electron chi connectivity index (χ2n) is 5.46. The molecule has 25 heavy (non-hydrogen) atoms. The largest absolute Gasteiger partial charge is 0.322 e. The van der Waals surface area contributed by atoms with E-state index in [1.807, 2.05) is 12.1 Å². The molecule has 0 spiro atoms. The van der Waals surface area contributed by atoms with Crippen molar-refractivity contribution in [1.82, 2.24) is 4.57 Å². The molecular weight excluding hydrogens is 359 g/mol. The van der Waals surface area contributed by atoms with Gasteiger partial charge in [-0.05, 0) is 35.9 Å². The molecule has 0 saturated carbocycles. The van der Waals surface area contributed by atoms with Crippen LogP contribution in [0.1, 0.15) is 15.9 Å². The quantitative estimate of drug-likeness (QED) is 0.734. The molecule has 0 bridgehead atoms. The van der Waals surface area contributed by atoms with E-state index >= 15 is 0 Å². The Bertz CT molecular complexity index is 969. The molecule has 0 aliphatic carbocycles. The first kappa shape index (κ1) is 17.3. The molecular formula is C19H14Cl2N2O2. The van der Waals surface area contributed by atoms with Crippen LogP contribution in [0, 0.1) is 0 Å². The molecule has 0 aliphatic heterocycles. The lowest BCUT2D eigenvalue weighted by molar-refractivity contribution is 0.102. The molecule has 0 saturated heterocycles. The zero-order valence-electron chi connectivity index (χ0n) is 13.1. The molecule has 4 nitrogen and oxygen atoms in total. The van der Waals surface area contributed by atoms with Crippen molar-refractivity contribution in [3.63, 3.8) is 0 Å². The lowest BCUT2D eigenvalue weighted by atomic mass is 10.2. The average Bonchev–Trinajstić information content (AvgIpc) is 2.58. The van der Waals surface area contributed by atoms with Crippen LogP contribution < -0.4 is 10.9 Å². The summed E-state index contributed by atoms with van der Waals surface area (Å²) in [6.45, 7) is 0.269. The number of amides is 1. The SMILES string of the molecule is O=C(Nc1ccccc1)c1cc(Cl)cn(Cc2cccc(Cl)c2)c1=O. The minimum absolute atomic E-state index is 0.0154. The number of nitrogens with zero attached hydrogens (tertiary/aromatic N) is 1. The molecule has 0 fully saturated rings. The van der Waals surface area contributed by atoms with Gasteiger partial charge >= 0.3 is 0 Å². The summed E-state index contributed by atoms with van der Waals surface area (Å²) in [4.78, 5) is 25.1. The highest BCUT2D eigenvalue weighted by Crippen LogP contribution is 2.14. The average molecular weight is 373 g/mol. The van der Waals surface area contributed by atoms with E-state index in [0.717, 1.165) is 5.56 Å². The molecule has 1 heterocycles. The number of aromatic nitrogens is 1. The van der Waals surface area contributed by atoms with Gasteiger partial charge in [0.1, 0.15) is 5.56 Å². The fourth-order valence-electron chi connectivity index (χ4n) is 2.43. The predicted molar refractivity (Wildman–Crippen MR) is 101 cm³/mol. The predicted octanol–water partition coefficient (Wildman–Crippen LogP) is 4.46. The van der Waals surface area contributed by atoms with Crippen molar-refractivity contribution >= 4 is 34.8 Å². The normalized spacial score (nSPS) is 10.5. The molecule has 0 aliphatic rings. The molecule has 1 amide bonds. The Morgan fingerprint density at radius 1 is 0.960 bits per heavy atom. The first-order valence-electron chi connectivity index (χ1n) is 7.54. The highest BCUT2D eigenvalue weighted by molar-refractivity contribution is 6.31. The number of nitrogens with one attached hydrogen (secondary N) is 1. The van der Waals surface area contributed by atoms with Crippen molar-refractivity contribution in [3.05, 3.63) is 98.4 Å². The van der Waals surface area contributed by atoms with Crippen molar-refractivity contribution in [2.75, 3.05) is 5.32 Å². The lowest BCUT2D eigenvalue weighted by Gasteiger charge is -2.10. The van der Waals surface area contributed by atoms with Crippen LogP contribution in [0.15, 0.2) is 71.7 Å². The van der Waals surface area contributed by atoms with Gasteiger partial charge in [0, 0.05) is 16.9 Å². The fraction of sp³-hybridized carbons (Fsp3) is 0.0526. The maximum atomic E-state index is 12.7. The molecule has 0 atom stereocenters. The van der Waals surface area contributed by atoms with Gasteiger partial charge in [0.2, 0.25) is 0 Å². The van der Waals surface area contributed by atoms with Crippen LogP contribution in [0.5, 0.6) is 0 Å². The number of hydrogen-bond acceptors (Lipinski definition) is 2. The molecule has 0 unspecified atom stereocenters. The first-order chi connectivity index (χ1) is 12.0. The summed E-state index contributed by atoms with van der Waals surface area (Å²) in [6, 6.07) is 17.5. The Labute approximate surface area is 154 Å². The zero-order chi connectivity index (χ0) is 17.8. The second kappa shape index (κ2) is 7.55. The van der Waals surface area contributed by atoms with E-state index in [-0.39, 0.29) is 12.1 Å². The maximum absolute atomic E-state index is 12.7. The number of halogens is 2. The van der Waals surface area contributed by atoms with E-state index in [0.29, 0.717) is 15.7 Å². The van der Waals surface area contributed by atoms with Gasteiger partial charge in [-0.3, -0.25) is 9.59 Å². The number of benzene rings is 2. The Morgan fingerprint density at radius 2 is 1.72 bits per heavy atom. The third kappa shape index (κ3) is 4.29. The molecule has 3 aromatic rings. The third-order valence-corrected chi connectivity index (χ3v) is 4.01. The Balaban J connectivity index is 1.92. The number of hydrogen-bond donors (Lipinski definition) is 1. The monoisotopic (exact) mass is 372 g/mol. The highest BCUT2D eigenvalue weighted by Gasteiger charge is 2.14. The second-order valence-corrected chi connectivity index (χ2v) is 6.33. The molecule has 6 heteroatoms. The van der Waals surface area contributed by atoms with Gasteiger partial charge in [0.15, 0.2) is 0 Å². The highest BCUT2D eigenvalue weighted by atomic mass is 35.5. The summed E-state index contributed by atoms with van der Waals surface area (Å²) in [5.74, 6) is -0.501. The first-order valence-corrected chi connectivity index (χ1v) is 8.29. The van der Waals surface area contributed by atoms with E-state index in [9.17, 15) is 9.59 Å². The summed E-state index contributed by atoms with van der Waals surface area (Å²) in [6.07, 6.45) is 1.50. The molecule has 2 aromatic carbocycles. The van der Waals surface area contributed by atoms with Crippen molar-refractivity contribution < 1.29 is 4.79 Å². The van der Waals surface area contributed by atoms with Gasteiger partial charge < -0.3 is 9.88 Å². The molecule has 1 N–H and O–H groups in total. The van der Waals surface area contributed by atoms with Crippen LogP contribution in [0.4, 0.5) is 5.69 Å². The smallest absolute Gasteiger partial charge is 0.263 e. The van der Waals surface area contributed by atoms with Crippen LogP contribution in [0.2, 0.25) is 10.0 Å². The van der Waals surface area contributed by atoms with Crippen LogP contribution in [0.3, 0.4) is 0 Å². The van der Waals surface area contributed by atoms with Crippen LogP contribution in [-0.4, -0.2) is 10.5 Å². The van der Waals surface area contributed by atoms with Crippen LogP contribution in [0.25, 0.3) is 0 Å². The van der Waals surface area contributed by atoms with E-state index in [1.54, 1.807) is 42.5 Å². The summed E-state index contributed by atoms with van der Waals surface area (Å²) in [7, 11) is 0. The van der Waals surface area contributed by atoms with E-state index in [4.69, 9.17) is 23.2 Å². The maximum Gasteiger partial charge on any atom is 0.263 e. The number of pyridine rings is 1. The molecule has 3 rings (SSSR count). The van der Waals surface area contributed by atoms with E-state index in [1.165, 1.54) is 16.8 Å². The number of rotatable bonds is 4. The zero-order valence-corrected chi connectivity index (χ0v) is 14.6. The Kier molecular flexibility index (Phi) is 5.22.